The summed E-state index contributed by atoms with van der Waals surface area (Å²) in [6.07, 6.45) is -4.12. The highest BCUT2D eigenvalue weighted by Gasteiger charge is 2.51. The van der Waals surface area contributed by atoms with E-state index in [0.29, 0.717) is 24.0 Å². The summed E-state index contributed by atoms with van der Waals surface area (Å²) in [5.74, 6) is -0.879. The summed E-state index contributed by atoms with van der Waals surface area (Å²) in [6.45, 7) is 0.228. The van der Waals surface area contributed by atoms with Crippen molar-refractivity contribution in [2.75, 3.05) is 13.1 Å². The molecule has 3 N–H and O–H groups in total. The Morgan fingerprint density at radius 1 is 0.895 bits per heavy atom. The molecule has 4 rings (SSSR count). The number of guanidine groups is 1. The van der Waals surface area contributed by atoms with E-state index in [1.807, 2.05) is 60.7 Å². The molecule has 0 aliphatic carbocycles. The van der Waals surface area contributed by atoms with Crippen LogP contribution in [0.5, 0.6) is 5.75 Å². The average molecular weight is 547 g/mol. The number of halogens is 3. The maximum absolute atomic E-state index is 13.7. The molecule has 0 aromatic heterocycles. The monoisotopic (exact) mass is 546 g/mol. The lowest BCUT2D eigenvalue weighted by molar-refractivity contribution is -0.274. The van der Waals surface area contributed by atoms with Crippen LogP contribution in [0.3, 0.4) is 0 Å². The zero-order valence-electron chi connectivity index (χ0n) is 20.0. The van der Waals surface area contributed by atoms with E-state index in [4.69, 9.17) is 5.41 Å². The lowest BCUT2D eigenvalue weighted by Crippen LogP contribution is -2.45. The first kappa shape index (κ1) is 27.1. The standard InChI is InChI=1S/C26H25F3N4O4S/c27-26(28,29)37-21-13-15-22(16-14-21)38(35,36)31-17-7-8-18-33-23(34)25(32-24(33)30,19-9-3-1-4-10-19)20-11-5-2-6-12-20/h1-6,9-16,31H,7-8,17-18H2,(H2,30,32). The topological polar surface area (TPSA) is 112 Å². The summed E-state index contributed by atoms with van der Waals surface area (Å²) >= 11 is 0. The third-order valence-electron chi connectivity index (χ3n) is 6.02. The summed E-state index contributed by atoms with van der Waals surface area (Å²) in [5, 5.41) is 11.5. The molecule has 0 unspecified atom stereocenters. The molecule has 1 saturated heterocycles. The molecule has 1 heterocycles. The number of rotatable bonds is 10. The minimum atomic E-state index is -4.87. The molecule has 3 aromatic rings. The van der Waals surface area contributed by atoms with Crippen LogP contribution < -0.4 is 14.8 Å². The molecule has 1 aliphatic rings. The number of ether oxygens (including phenoxy) is 1. The second kappa shape index (κ2) is 10.8. The Morgan fingerprint density at radius 3 is 1.97 bits per heavy atom. The normalized spacial score (nSPS) is 15.4. The van der Waals surface area contributed by atoms with Crippen LogP contribution >= 0.6 is 0 Å². The van der Waals surface area contributed by atoms with Crippen molar-refractivity contribution < 1.29 is 31.1 Å². The first-order valence-corrected chi connectivity index (χ1v) is 13.2. The number of hydrogen-bond acceptors (Lipinski definition) is 5. The van der Waals surface area contributed by atoms with Gasteiger partial charge in [0.1, 0.15) is 5.75 Å². The molecule has 1 aliphatic heterocycles. The van der Waals surface area contributed by atoms with Crippen molar-refractivity contribution in [1.29, 1.82) is 5.41 Å². The number of unbranched alkanes of at least 4 members (excludes halogenated alkanes) is 1. The molecule has 1 fully saturated rings. The molecule has 0 bridgehead atoms. The quantitative estimate of drug-likeness (QED) is 0.334. The number of carbonyl (C=O) groups excluding carboxylic acids is 1. The number of carbonyl (C=O) groups is 1. The summed E-state index contributed by atoms with van der Waals surface area (Å²) < 4.78 is 68.0. The third-order valence-corrected chi connectivity index (χ3v) is 7.50. The summed E-state index contributed by atoms with van der Waals surface area (Å²) in [4.78, 5) is 14.8. The highest BCUT2D eigenvalue weighted by molar-refractivity contribution is 7.89. The van der Waals surface area contributed by atoms with Crippen LogP contribution in [-0.2, 0) is 20.4 Å². The fourth-order valence-electron chi connectivity index (χ4n) is 4.26. The van der Waals surface area contributed by atoms with Gasteiger partial charge in [0.15, 0.2) is 11.5 Å². The zero-order valence-corrected chi connectivity index (χ0v) is 20.9. The SMILES string of the molecule is N=C1NC(c2ccccc2)(c2ccccc2)C(=O)N1CCCCNS(=O)(=O)c1ccc(OC(F)(F)F)cc1. The van der Waals surface area contributed by atoms with Gasteiger partial charge in [0.05, 0.1) is 4.90 Å². The highest BCUT2D eigenvalue weighted by atomic mass is 32.2. The number of nitrogens with one attached hydrogen (secondary N) is 3. The van der Waals surface area contributed by atoms with Crippen molar-refractivity contribution in [2.45, 2.75) is 29.6 Å². The average Bonchev–Trinajstić information content (AvgIpc) is 3.14. The maximum Gasteiger partial charge on any atom is 0.573 e. The van der Waals surface area contributed by atoms with Gasteiger partial charge in [-0.05, 0) is 48.2 Å². The molecule has 0 saturated carbocycles. The highest BCUT2D eigenvalue weighted by Crippen LogP contribution is 2.35. The molecule has 200 valence electrons. The number of hydrogen-bond donors (Lipinski definition) is 3. The van der Waals surface area contributed by atoms with Gasteiger partial charge in [-0.1, -0.05) is 60.7 Å². The largest absolute Gasteiger partial charge is 0.573 e. The molecule has 8 nitrogen and oxygen atoms in total. The van der Waals surface area contributed by atoms with Crippen molar-refractivity contribution in [1.82, 2.24) is 14.9 Å². The van der Waals surface area contributed by atoms with Crippen LogP contribution in [0.25, 0.3) is 0 Å². The summed E-state index contributed by atoms with van der Waals surface area (Å²) in [5.41, 5.74) is 0.147. The van der Waals surface area contributed by atoms with Crippen molar-refractivity contribution in [3.05, 3.63) is 96.1 Å². The Labute approximate surface area is 218 Å². The number of alkyl halides is 3. The molecule has 3 aromatic carbocycles. The van der Waals surface area contributed by atoms with Gasteiger partial charge in [-0.2, -0.15) is 0 Å². The van der Waals surface area contributed by atoms with Crippen molar-refractivity contribution >= 4 is 21.9 Å². The molecule has 38 heavy (non-hydrogen) atoms. The Hall–Kier alpha value is -3.90. The minimum absolute atomic E-state index is 0.0362. The van der Waals surface area contributed by atoms with E-state index in [-0.39, 0.29) is 29.9 Å². The second-order valence-electron chi connectivity index (χ2n) is 8.54. The number of amides is 1. The van der Waals surface area contributed by atoms with Crippen LogP contribution in [0.15, 0.2) is 89.8 Å². The van der Waals surface area contributed by atoms with Crippen molar-refractivity contribution in [3.8, 4) is 5.75 Å². The van der Waals surface area contributed by atoms with Crippen LogP contribution in [0.1, 0.15) is 24.0 Å². The molecule has 1 amide bonds. The first-order valence-electron chi connectivity index (χ1n) is 11.7. The van der Waals surface area contributed by atoms with Gasteiger partial charge >= 0.3 is 6.36 Å². The van der Waals surface area contributed by atoms with Crippen LogP contribution in [0.2, 0.25) is 0 Å². The van der Waals surface area contributed by atoms with Crippen molar-refractivity contribution in [3.63, 3.8) is 0 Å². The summed E-state index contributed by atoms with van der Waals surface area (Å²) in [7, 11) is -3.95. The predicted molar refractivity (Wildman–Crippen MR) is 134 cm³/mol. The van der Waals surface area contributed by atoms with Gasteiger partial charge < -0.3 is 10.1 Å². The fraction of sp³-hybridized carbons (Fsp3) is 0.231. The Morgan fingerprint density at radius 2 is 1.45 bits per heavy atom. The van der Waals surface area contributed by atoms with E-state index in [1.165, 1.54) is 4.90 Å². The van der Waals surface area contributed by atoms with E-state index in [2.05, 4.69) is 14.8 Å². The van der Waals surface area contributed by atoms with E-state index in [1.54, 1.807) is 0 Å². The number of benzene rings is 3. The van der Waals surface area contributed by atoms with Gasteiger partial charge in [-0.15, -0.1) is 13.2 Å². The lowest BCUT2D eigenvalue weighted by atomic mass is 9.82. The molecule has 0 atom stereocenters. The first-order chi connectivity index (χ1) is 18.0. The predicted octanol–water partition coefficient (Wildman–Crippen LogP) is 3.95. The van der Waals surface area contributed by atoms with E-state index in [0.717, 1.165) is 24.3 Å². The van der Waals surface area contributed by atoms with Crippen molar-refractivity contribution in [2.24, 2.45) is 0 Å². The zero-order chi connectivity index (χ0) is 27.4. The molecule has 0 radical (unpaired) electrons. The molecular formula is C26H25F3N4O4S. The minimum Gasteiger partial charge on any atom is -0.406 e. The van der Waals surface area contributed by atoms with E-state index in [9.17, 15) is 26.4 Å². The molecular weight excluding hydrogens is 521 g/mol. The third kappa shape index (κ3) is 5.81. The van der Waals surface area contributed by atoms with Crippen LogP contribution in [0.4, 0.5) is 13.2 Å². The Bertz CT molecular complexity index is 1340. The fourth-order valence-corrected chi connectivity index (χ4v) is 5.33. The Balaban J connectivity index is 1.36. The molecule has 0 spiro atoms. The number of sulfonamides is 1. The van der Waals surface area contributed by atoms with Crippen LogP contribution in [0, 0.1) is 5.41 Å². The lowest BCUT2D eigenvalue weighted by Gasteiger charge is -2.28. The van der Waals surface area contributed by atoms with Gasteiger partial charge in [0, 0.05) is 13.1 Å². The smallest absolute Gasteiger partial charge is 0.406 e. The van der Waals surface area contributed by atoms with Gasteiger partial charge in [0.2, 0.25) is 10.0 Å². The van der Waals surface area contributed by atoms with E-state index < -0.39 is 27.7 Å². The number of nitrogens with zero attached hydrogens (tertiary/aromatic N) is 1. The van der Waals surface area contributed by atoms with Gasteiger partial charge in [-0.25, -0.2) is 13.1 Å². The van der Waals surface area contributed by atoms with E-state index >= 15 is 0 Å². The second-order valence-corrected chi connectivity index (χ2v) is 10.3. The van der Waals surface area contributed by atoms with Crippen LogP contribution in [-0.4, -0.2) is 44.6 Å². The summed E-state index contributed by atoms with van der Waals surface area (Å²) in [6, 6.07) is 22.2. The van der Waals surface area contributed by atoms with Gasteiger partial charge in [0.25, 0.3) is 5.91 Å². The molecule has 12 heteroatoms. The van der Waals surface area contributed by atoms with Gasteiger partial charge in [-0.3, -0.25) is 15.1 Å². The maximum atomic E-state index is 13.7. The Kier molecular flexibility index (Phi) is 7.74.